The molecule has 0 aromatic carbocycles. The minimum atomic E-state index is -3.80. The highest BCUT2D eigenvalue weighted by Crippen LogP contribution is 2.41. The Labute approximate surface area is 83.4 Å². The molecule has 1 unspecified atom stereocenters. The summed E-state index contributed by atoms with van der Waals surface area (Å²) in [6.45, 7) is 3.92. The third kappa shape index (κ3) is 4.50. The quantitative estimate of drug-likeness (QED) is 0.668. The zero-order valence-electron chi connectivity index (χ0n) is 8.22. The van der Waals surface area contributed by atoms with Crippen LogP contribution in [0.5, 0.6) is 0 Å². The Kier molecular flexibility index (Phi) is 5.01. The number of nitrogens with zero attached hydrogens (tertiary/aromatic N) is 1. The van der Waals surface area contributed by atoms with E-state index < -0.39 is 7.82 Å². The average molecular weight is 225 g/mol. The molecule has 1 aliphatic rings. The summed E-state index contributed by atoms with van der Waals surface area (Å²) in [5, 5.41) is 0. The summed E-state index contributed by atoms with van der Waals surface area (Å²) in [5.74, 6) is 0. The molecule has 84 valence electrons. The summed E-state index contributed by atoms with van der Waals surface area (Å²) in [4.78, 5) is 11.0. The van der Waals surface area contributed by atoms with Gasteiger partial charge in [-0.3, -0.25) is 13.9 Å². The van der Waals surface area contributed by atoms with Gasteiger partial charge in [0.15, 0.2) is 0 Å². The number of hydrogen-bond acceptors (Lipinski definition) is 5. The van der Waals surface area contributed by atoms with E-state index in [9.17, 15) is 4.57 Å². The van der Waals surface area contributed by atoms with Gasteiger partial charge in [-0.25, -0.2) is 4.57 Å². The van der Waals surface area contributed by atoms with E-state index in [-0.39, 0.29) is 6.61 Å². The van der Waals surface area contributed by atoms with Crippen molar-refractivity contribution in [3.05, 3.63) is 0 Å². The lowest BCUT2D eigenvalue weighted by atomic mass is 10.4. The van der Waals surface area contributed by atoms with Crippen LogP contribution >= 0.6 is 7.82 Å². The summed E-state index contributed by atoms with van der Waals surface area (Å²) in [6, 6.07) is 0. The van der Waals surface area contributed by atoms with Gasteiger partial charge in [0, 0.05) is 26.7 Å². The fourth-order valence-electron chi connectivity index (χ4n) is 1.16. The van der Waals surface area contributed by atoms with E-state index in [0.29, 0.717) is 19.8 Å². The van der Waals surface area contributed by atoms with Gasteiger partial charge in [-0.1, -0.05) is 0 Å². The number of rotatable bonds is 5. The van der Waals surface area contributed by atoms with Gasteiger partial charge in [-0.15, -0.1) is 0 Å². The predicted octanol–water partition coefficient (Wildman–Crippen LogP) is 0.0820. The van der Waals surface area contributed by atoms with Gasteiger partial charge in [0.1, 0.15) is 0 Å². The highest BCUT2D eigenvalue weighted by Gasteiger charge is 2.19. The van der Waals surface area contributed by atoms with Crippen molar-refractivity contribution in [1.82, 2.24) is 4.90 Å². The van der Waals surface area contributed by atoms with Crippen molar-refractivity contribution in [3.8, 4) is 0 Å². The fourth-order valence-corrected chi connectivity index (χ4v) is 1.58. The molecule has 0 amide bonds. The van der Waals surface area contributed by atoms with E-state index in [1.165, 1.54) is 0 Å². The Morgan fingerprint density at radius 1 is 1.50 bits per heavy atom. The van der Waals surface area contributed by atoms with E-state index >= 15 is 0 Å². The number of phosphoric ester groups is 1. The summed E-state index contributed by atoms with van der Waals surface area (Å²) in [6.07, 6.45) is 0. The molecule has 1 aliphatic heterocycles. The van der Waals surface area contributed by atoms with E-state index in [4.69, 9.17) is 9.63 Å². The zero-order valence-corrected chi connectivity index (χ0v) is 9.11. The first-order valence-electron chi connectivity index (χ1n) is 4.47. The zero-order chi connectivity index (χ0) is 10.4. The number of ether oxygens (including phenoxy) is 1. The molecule has 0 aromatic rings. The van der Waals surface area contributed by atoms with Gasteiger partial charge < -0.3 is 9.63 Å². The van der Waals surface area contributed by atoms with Crippen molar-refractivity contribution < 1.29 is 23.2 Å². The summed E-state index contributed by atoms with van der Waals surface area (Å²) in [5.41, 5.74) is 0. The van der Waals surface area contributed by atoms with Gasteiger partial charge in [0.2, 0.25) is 0 Å². The lowest BCUT2D eigenvalue weighted by Gasteiger charge is -2.26. The second-order valence-corrected chi connectivity index (χ2v) is 4.50. The van der Waals surface area contributed by atoms with Crippen LogP contribution in [0.3, 0.4) is 0 Å². The van der Waals surface area contributed by atoms with E-state index in [1.54, 1.807) is 0 Å². The summed E-state index contributed by atoms with van der Waals surface area (Å²) >= 11 is 0. The maximum absolute atomic E-state index is 10.9. The first-order chi connectivity index (χ1) is 6.64. The van der Waals surface area contributed by atoms with Crippen LogP contribution in [0, 0.1) is 0 Å². The van der Waals surface area contributed by atoms with E-state index in [0.717, 1.165) is 20.2 Å². The SMILES string of the molecule is COP(=O)(O)OCCN1CCOCC1. The number of morpholine rings is 1. The van der Waals surface area contributed by atoms with Crippen LogP contribution in [0.4, 0.5) is 0 Å². The van der Waals surface area contributed by atoms with Gasteiger partial charge in [-0.2, -0.15) is 0 Å². The molecular formula is C7H16NO5P. The Hall–Kier alpha value is 0.0300. The van der Waals surface area contributed by atoms with Crippen LogP contribution in [-0.2, 0) is 18.3 Å². The normalized spacial score (nSPS) is 23.3. The largest absolute Gasteiger partial charge is 0.471 e. The van der Waals surface area contributed by atoms with Crippen LogP contribution in [-0.4, -0.2) is 56.4 Å². The van der Waals surface area contributed by atoms with Crippen LogP contribution in [0.15, 0.2) is 0 Å². The van der Waals surface area contributed by atoms with Crippen molar-refractivity contribution in [2.24, 2.45) is 0 Å². The average Bonchev–Trinajstić information content (AvgIpc) is 2.19. The molecule has 0 spiro atoms. The predicted molar refractivity (Wildman–Crippen MR) is 50.0 cm³/mol. The summed E-state index contributed by atoms with van der Waals surface area (Å²) < 4.78 is 25.0. The molecule has 1 N–H and O–H groups in total. The second-order valence-electron chi connectivity index (χ2n) is 2.94. The first kappa shape index (κ1) is 12.1. The molecule has 0 aliphatic carbocycles. The maximum atomic E-state index is 10.9. The molecule has 0 saturated carbocycles. The minimum Gasteiger partial charge on any atom is -0.379 e. The van der Waals surface area contributed by atoms with E-state index in [2.05, 4.69) is 13.9 Å². The molecule has 1 saturated heterocycles. The van der Waals surface area contributed by atoms with Crippen molar-refractivity contribution in [2.45, 2.75) is 0 Å². The molecule has 14 heavy (non-hydrogen) atoms. The molecule has 6 nitrogen and oxygen atoms in total. The van der Waals surface area contributed by atoms with Crippen LogP contribution < -0.4 is 0 Å². The topological polar surface area (TPSA) is 68.2 Å². The third-order valence-electron chi connectivity index (χ3n) is 2.00. The fraction of sp³-hybridized carbons (Fsp3) is 1.00. The monoisotopic (exact) mass is 225 g/mol. The van der Waals surface area contributed by atoms with Gasteiger partial charge in [0.05, 0.1) is 19.8 Å². The third-order valence-corrected chi connectivity index (χ3v) is 2.97. The maximum Gasteiger partial charge on any atom is 0.471 e. The second kappa shape index (κ2) is 5.80. The molecule has 0 aromatic heterocycles. The first-order valence-corrected chi connectivity index (χ1v) is 5.97. The van der Waals surface area contributed by atoms with Crippen LogP contribution in [0.2, 0.25) is 0 Å². The van der Waals surface area contributed by atoms with Crippen molar-refractivity contribution >= 4 is 7.82 Å². The molecule has 1 atom stereocenters. The Morgan fingerprint density at radius 2 is 2.14 bits per heavy atom. The number of phosphoric acid groups is 1. The standard InChI is InChI=1S/C7H16NO5P/c1-11-14(9,10)13-7-4-8-2-5-12-6-3-8/h2-7H2,1H3,(H,9,10). The highest BCUT2D eigenvalue weighted by atomic mass is 31.2. The molecule has 1 rings (SSSR count). The lowest BCUT2D eigenvalue weighted by Crippen LogP contribution is -2.38. The Morgan fingerprint density at radius 3 is 2.71 bits per heavy atom. The molecule has 0 radical (unpaired) electrons. The molecular weight excluding hydrogens is 209 g/mol. The molecule has 1 heterocycles. The molecule has 7 heteroatoms. The molecule has 0 bridgehead atoms. The van der Waals surface area contributed by atoms with Crippen LogP contribution in [0.25, 0.3) is 0 Å². The Balaban J connectivity index is 2.11. The van der Waals surface area contributed by atoms with Gasteiger partial charge in [-0.05, 0) is 0 Å². The van der Waals surface area contributed by atoms with Gasteiger partial charge >= 0.3 is 7.82 Å². The highest BCUT2D eigenvalue weighted by molar-refractivity contribution is 7.47. The smallest absolute Gasteiger partial charge is 0.379 e. The summed E-state index contributed by atoms with van der Waals surface area (Å²) in [7, 11) is -2.65. The molecule has 1 fully saturated rings. The Bertz CT molecular complexity index is 206. The van der Waals surface area contributed by atoms with Gasteiger partial charge in [0.25, 0.3) is 0 Å². The minimum absolute atomic E-state index is 0.196. The lowest BCUT2D eigenvalue weighted by molar-refractivity contribution is 0.0297. The van der Waals surface area contributed by atoms with Crippen molar-refractivity contribution in [2.75, 3.05) is 46.6 Å². The van der Waals surface area contributed by atoms with E-state index in [1.807, 2.05) is 0 Å². The van der Waals surface area contributed by atoms with Crippen molar-refractivity contribution in [3.63, 3.8) is 0 Å². The van der Waals surface area contributed by atoms with Crippen molar-refractivity contribution in [1.29, 1.82) is 0 Å². The number of hydrogen-bond donors (Lipinski definition) is 1. The van der Waals surface area contributed by atoms with Crippen LogP contribution in [0.1, 0.15) is 0 Å².